The van der Waals surface area contributed by atoms with Crippen LogP contribution < -0.4 is 4.90 Å². The van der Waals surface area contributed by atoms with Gasteiger partial charge in [-0.15, -0.1) is 11.8 Å². The number of thioether (sulfide) groups is 1. The van der Waals surface area contributed by atoms with E-state index in [1.54, 1.807) is 41.2 Å². The molecule has 39 heavy (non-hydrogen) atoms. The fraction of sp³-hybridized carbons (Fsp3) is 0.345. The maximum atomic E-state index is 13.8. The largest absolute Gasteiger partial charge is 0.279 e. The van der Waals surface area contributed by atoms with Crippen LogP contribution in [0.4, 0.5) is 5.13 Å². The van der Waals surface area contributed by atoms with Crippen LogP contribution >= 0.6 is 23.1 Å². The fourth-order valence-electron chi connectivity index (χ4n) is 4.20. The third kappa shape index (κ3) is 7.05. The predicted octanol–water partition coefficient (Wildman–Crippen LogP) is 6.56. The normalized spacial score (nSPS) is 12.1. The molecule has 10 heteroatoms. The standard InChI is InChI=1S/C29H34N4O3S3/c1-20(2)17-32(18-21(3)4)39(35,36)25-11-8-23(9-12-25)28(34)33(19-22-7-6-14-30-16-22)29-31-26-13-10-24(37-5)15-27(26)38-29/h6-16,20-21H,17-19H2,1-5H3. The number of rotatable bonds is 11. The number of amides is 1. The number of hydrogen-bond acceptors (Lipinski definition) is 7. The molecule has 0 aliphatic carbocycles. The van der Waals surface area contributed by atoms with E-state index in [1.165, 1.54) is 27.8 Å². The van der Waals surface area contributed by atoms with Gasteiger partial charge in [0.1, 0.15) is 0 Å². The van der Waals surface area contributed by atoms with E-state index in [0.717, 1.165) is 20.7 Å². The number of nitrogens with zero attached hydrogens (tertiary/aromatic N) is 4. The molecule has 7 nitrogen and oxygen atoms in total. The highest BCUT2D eigenvalue weighted by molar-refractivity contribution is 7.98. The lowest BCUT2D eigenvalue weighted by Gasteiger charge is -2.26. The number of pyridine rings is 1. The van der Waals surface area contributed by atoms with E-state index in [2.05, 4.69) is 11.1 Å². The molecule has 0 spiro atoms. The topological polar surface area (TPSA) is 83.5 Å². The lowest BCUT2D eigenvalue weighted by molar-refractivity contribution is 0.0985. The molecule has 0 aliphatic rings. The van der Waals surface area contributed by atoms with E-state index in [-0.39, 0.29) is 22.6 Å². The van der Waals surface area contributed by atoms with Crippen molar-refractivity contribution in [2.45, 2.75) is 44.0 Å². The number of thiazole rings is 1. The van der Waals surface area contributed by atoms with Crippen LogP contribution in [0.2, 0.25) is 0 Å². The average molecular weight is 583 g/mol. The fourth-order valence-corrected chi connectivity index (χ4v) is 7.48. The molecule has 0 fully saturated rings. The number of carbonyl (C=O) groups is 1. The summed E-state index contributed by atoms with van der Waals surface area (Å²) in [7, 11) is -3.69. The van der Waals surface area contributed by atoms with Crippen molar-refractivity contribution in [1.82, 2.24) is 14.3 Å². The third-order valence-electron chi connectivity index (χ3n) is 6.00. The van der Waals surface area contributed by atoms with Crippen molar-refractivity contribution >= 4 is 54.4 Å². The van der Waals surface area contributed by atoms with Gasteiger partial charge in [-0.3, -0.25) is 14.7 Å². The quantitative estimate of drug-likeness (QED) is 0.186. The van der Waals surface area contributed by atoms with Gasteiger partial charge in [0.15, 0.2) is 5.13 Å². The van der Waals surface area contributed by atoms with Crippen LogP contribution in [0.1, 0.15) is 43.6 Å². The second kappa shape index (κ2) is 12.6. The van der Waals surface area contributed by atoms with Crippen molar-refractivity contribution in [3.63, 3.8) is 0 Å². The molecule has 0 bridgehead atoms. The molecule has 4 aromatic rings. The minimum absolute atomic E-state index is 0.184. The van der Waals surface area contributed by atoms with Crippen LogP contribution in [0.3, 0.4) is 0 Å². The third-order valence-corrected chi connectivity index (χ3v) is 9.61. The van der Waals surface area contributed by atoms with Crippen LogP contribution in [-0.4, -0.2) is 47.9 Å². The average Bonchev–Trinajstić information content (AvgIpc) is 3.34. The van der Waals surface area contributed by atoms with Crippen LogP contribution in [0.5, 0.6) is 0 Å². The maximum Gasteiger partial charge on any atom is 0.260 e. The first-order valence-corrected chi connectivity index (χ1v) is 16.3. The summed E-state index contributed by atoms with van der Waals surface area (Å²) in [4.78, 5) is 25.7. The van der Waals surface area contributed by atoms with Crippen molar-refractivity contribution in [1.29, 1.82) is 0 Å². The second-order valence-electron chi connectivity index (χ2n) is 10.2. The number of benzene rings is 2. The Morgan fingerprint density at radius 2 is 1.69 bits per heavy atom. The molecule has 4 rings (SSSR count). The van der Waals surface area contributed by atoms with Gasteiger partial charge < -0.3 is 0 Å². The molecule has 0 atom stereocenters. The Labute approximate surface area is 239 Å². The number of carbonyl (C=O) groups excluding carboxylic acids is 1. The van der Waals surface area contributed by atoms with Gasteiger partial charge in [0, 0.05) is 35.9 Å². The summed E-state index contributed by atoms with van der Waals surface area (Å²) in [5.74, 6) is 0.135. The Morgan fingerprint density at radius 3 is 2.28 bits per heavy atom. The first-order chi connectivity index (χ1) is 18.6. The first-order valence-electron chi connectivity index (χ1n) is 12.8. The number of fused-ring (bicyclic) bond motifs is 1. The van der Waals surface area contributed by atoms with Gasteiger partial charge in [-0.05, 0) is 72.2 Å². The van der Waals surface area contributed by atoms with Gasteiger partial charge in [0.25, 0.3) is 5.91 Å². The van der Waals surface area contributed by atoms with E-state index in [1.807, 2.05) is 58.2 Å². The van der Waals surface area contributed by atoms with Crippen molar-refractivity contribution in [3.05, 3.63) is 78.1 Å². The van der Waals surface area contributed by atoms with Crippen molar-refractivity contribution < 1.29 is 13.2 Å². The lowest BCUT2D eigenvalue weighted by Crippen LogP contribution is -2.37. The zero-order valence-corrected chi connectivity index (χ0v) is 25.3. The summed E-state index contributed by atoms with van der Waals surface area (Å²) in [6, 6.07) is 16.1. The molecular weight excluding hydrogens is 549 g/mol. The Bertz CT molecular complexity index is 1510. The zero-order chi connectivity index (χ0) is 28.2. The monoisotopic (exact) mass is 582 g/mol. The van der Waals surface area contributed by atoms with Crippen molar-refractivity contribution in [2.75, 3.05) is 24.2 Å². The Balaban J connectivity index is 1.67. The van der Waals surface area contributed by atoms with Gasteiger partial charge in [0.05, 0.1) is 21.7 Å². The van der Waals surface area contributed by atoms with Crippen LogP contribution in [0.15, 0.2) is 76.8 Å². The van der Waals surface area contributed by atoms with Crippen molar-refractivity contribution in [3.8, 4) is 0 Å². The van der Waals surface area contributed by atoms with Crippen LogP contribution in [-0.2, 0) is 16.6 Å². The molecule has 0 saturated heterocycles. The van der Waals surface area contributed by atoms with Crippen molar-refractivity contribution in [2.24, 2.45) is 11.8 Å². The summed E-state index contributed by atoms with van der Waals surface area (Å²) in [6.07, 6.45) is 5.45. The van der Waals surface area contributed by atoms with Gasteiger partial charge in [-0.1, -0.05) is 45.1 Å². The molecule has 2 heterocycles. The molecule has 2 aromatic heterocycles. The summed E-state index contributed by atoms with van der Waals surface area (Å²) >= 11 is 3.11. The van der Waals surface area contributed by atoms with Gasteiger partial charge in [-0.25, -0.2) is 13.4 Å². The van der Waals surface area contributed by atoms with E-state index in [9.17, 15) is 13.2 Å². The minimum Gasteiger partial charge on any atom is -0.279 e. The summed E-state index contributed by atoms with van der Waals surface area (Å²) in [5, 5.41) is 0.578. The zero-order valence-electron chi connectivity index (χ0n) is 22.9. The summed E-state index contributed by atoms with van der Waals surface area (Å²) in [5.41, 5.74) is 2.09. The summed E-state index contributed by atoms with van der Waals surface area (Å²) < 4.78 is 29.4. The smallest absolute Gasteiger partial charge is 0.260 e. The van der Waals surface area contributed by atoms with Crippen LogP contribution in [0.25, 0.3) is 10.2 Å². The highest BCUT2D eigenvalue weighted by Gasteiger charge is 2.27. The SMILES string of the molecule is CSc1ccc2nc(N(Cc3cccnc3)C(=O)c3ccc(S(=O)(=O)N(CC(C)C)CC(C)C)cc3)sc2c1. The molecule has 0 aliphatic heterocycles. The molecule has 0 N–H and O–H groups in total. The van der Waals surface area contributed by atoms with E-state index in [4.69, 9.17) is 4.98 Å². The number of hydrogen-bond donors (Lipinski definition) is 0. The molecule has 0 unspecified atom stereocenters. The highest BCUT2D eigenvalue weighted by Crippen LogP contribution is 2.33. The van der Waals surface area contributed by atoms with E-state index in [0.29, 0.717) is 30.3 Å². The first kappa shape index (κ1) is 29.2. The molecule has 0 radical (unpaired) electrons. The number of sulfonamides is 1. The number of anilines is 1. The Hall–Kier alpha value is -2.79. The lowest BCUT2D eigenvalue weighted by atomic mass is 10.2. The minimum atomic E-state index is -3.69. The number of aromatic nitrogens is 2. The Kier molecular flexibility index (Phi) is 9.43. The highest BCUT2D eigenvalue weighted by atomic mass is 32.2. The van der Waals surface area contributed by atoms with Crippen LogP contribution in [0, 0.1) is 11.8 Å². The summed E-state index contributed by atoms with van der Waals surface area (Å²) in [6.45, 7) is 9.19. The van der Waals surface area contributed by atoms with E-state index >= 15 is 0 Å². The molecule has 2 aromatic carbocycles. The van der Waals surface area contributed by atoms with Gasteiger partial charge in [-0.2, -0.15) is 4.31 Å². The molecular formula is C29H34N4O3S3. The maximum absolute atomic E-state index is 13.8. The molecule has 0 saturated carbocycles. The van der Waals surface area contributed by atoms with Gasteiger partial charge >= 0.3 is 0 Å². The Morgan fingerprint density at radius 1 is 1.00 bits per heavy atom. The molecule has 1 amide bonds. The van der Waals surface area contributed by atoms with E-state index < -0.39 is 10.0 Å². The molecule has 206 valence electrons. The predicted molar refractivity (Wildman–Crippen MR) is 161 cm³/mol. The van der Waals surface area contributed by atoms with Gasteiger partial charge in [0.2, 0.25) is 10.0 Å². The second-order valence-corrected chi connectivity index (χ2v) is 14.0.